The van der Waals surface area contributed by atoms with Crippen LogP contribution < -0.4 is 16.0 Å². The molecule has 0 spiro atoms. The van der Waals surface area contributed by atoms with E-state index in [0.29, 0.717) is 17.8 Å². The Labute approximate surface area is 162 Å². The fraction of sp³-hybridized carbons (Fsp3) is 0.421. The van der Waals surface area contributed by atoms with Crippen LogP contribution in [0.4, 0.5) is 15.3 Å². The third-order valence-corrected chi connectivity index (χ3v) is 4.51. The van der Waals surface area contributed by atoms with E-state index in [1.54, 1.807) is 30.3 Å². The molecule has 2 heterocycles. The van der Waals surface area contributed by atoms with Gasteiger partial charge in [0.2, 0.25) is 0 Å². The fourth-order valence-corrected chi connectivity index (χ4v) is 3.17. The van der Waals surface area contributed by atoms with E-state index in [2.05, 4.69) is 22.5 Å². The van der Waals surface area contributed by atoms with E-state index in [0.717, 1.165) is 0 Å². The Morgan fingerprint density at radius 2 is 2.04 bits per heavy atom. The predicted octanol–water partition coefficient (Wildman–Crippen LogP) is 1.46. The van der Waals surface area contributed by atoms with Crippen LogP contribution in [0.3, 0.4) is 0 Å². The second-order valence-electron chi connectivity index (χ2n) is 6.55. The zero-order valence-corrected chi connectivity index (χ0v) is 15.5. The predicted molar refractivity (Wildman–Crippen MR) is 100 cm³/mol. The molecule has 4 atom stereocenters. The number of carbonyl (C=O) groups is 3. The largest absolute Gasteiger partial charge is 0.441 e. The zero-order chi connectivity index (χ0) is 20.1. The Hall–Kier alpha value is -2.91. The van der Waals surface area contributed by atoms with Crippen LogP contribution in [0.2, 0.25) is 0 Å². The van der Waals surface area contributed by atoms with Gasteiger partial charge >= 0.3 is 12.1 Å². The Balaban J connectivity index is 1.52. The Bertz CT molecular complexity index is 768. The molecule has 3 amide bonds. The number of urea groups is 1. The van der Waals surface area contributed by atoms with Crippen LogP contribution in [-0.2, 0) is 14.2 Å². The number of hydrogen-bond acceptors (Lipinski definition) is 6. The molecule has 0 bridgehead atoms. The molecule has 3 rings (SSSR count). The lowest BCUT2D eigenvalue weighted by atomic mass is 10.1. The summed E-state index contributed by atoms with van der Waals surface area (Å²) in [6, 6.07) is 5.90. The smallest absolute Gasteiger partial charge is 0.412 e. The molecular formula is C19H23N3O6. The van der Waals surface area contributed by atoms with Crippen molar-refractivity contribution in [3.05, 3.63) is 42.5 Å². The Kier molecular flexibility index (Phi) is 6.27. The van der Waals surface area contributed by atoms with Crippen molar-refractivity contribution in [1.82, 2.24) is 10.6 Å². The van der Waals surface area contributed by atoms with Crippen molar-refractivity contribution in [3.63, 3.8) is 0 Å². The number of hydrogen-bond donors (Lipinski definition) is 3. The van der Waals surface area contributed by atoms with E-state index in [1.165, 1.54) is 6.92 Å². The topological polar surface area (TPSA) is 115 Å². The van der Waals surface area contributed by atoms with Crippen molar-refractivity contribution in [2.45, 2.75) is 31.3 Å². The van der Waals surface area contributed by atoms with Gasteiger partial charge < -0.3 is 24.8 Å². The molecule has 2 aliphatic rings. The molecule has 1 aromatic carbocycles. The first kappa shape index (κ1) is 19.8. The van der Waals surface area contributed by atoms with E-state index in [1.807, 2.05) is 0 Å². The van der Waals surface area contributed by atoms with Gasteiger partial charge in [-0.05, 0) is 19.1 Å². The lowest BCUT2D eigenvalue weighted by Gasteiger charge is -2.18. The molecule has 9 heteroatoms. The van der Waals surface area contributed by atoms with Crippen LogP contribution in [0.15, 0.2) is 36.9 Å². The van der Waals surface area contributed by atoms with Gasteiger partial charge in [-0.2, -0.15) is 0 Å². The van der Waals surface area contributed by atoms with Crippen molar-refractivity contribution in [3.8, 4) is 0 Å². The molecule has 150 valence electrons. The van der Waals surface area contributed by atoms with Crippen molar-refractivity contribution < 1.29 is 28.6 Å². The van der Waals surface area contributed by atoms with E-state index in [-0.39, 0.29) is 31.1 Å². The molecule has 28 heavy (non-hydrogen) atoms. The van der Waals surface area contributed by atoms with Gasteiger partial charge in [0.25, 0.3) is 0 Å². The molecule has 0 saturated carbocycles. The summed E-state index contributed by atoms with van der Waals surface area (Å²) >= 11 is 0. The van der Waals surface area contributed by atoms with E-state index in [9.17, 15) is 14.4 Å². The molecule has 0 radical (unpaired) electrons. The van der Waals surface area contributed by atoms with Gasteiger partial charge in [0.1, 0.15) is 12.2 Å². The standard InChI is InChI=1S/C19H23N3O6/c1-3-7-20-18(24)22-14-9-26-17-15(10-27-16(14)17)28-19(25)21-13-6-4-5-12(8-13)11(2)23/h3-6,8,14-17H,1,7,9-10H2,2H3,(H,21,25)(H2,20,22,24). The summed E-state index contributed by atoms with van der Waals surface area (Å²) in [6.07, 6.45) is -0.538. The first-order chi connectivity index (χ1) is 13.5. The number of rotatable bonds is 6. The number of ether oxygens (including phenoxy) is 3. The molecule has 1 aromatic rings. The summed E-state index contributed by atoms with van der Waals surface area (Å²) < 4.78 is 16.8. The molecule has 2 aliphatic heterocycles. The van der Waals surface area contributed by atoms with Crippen LogP contribution in [0.25, 0.3) is 0 Å². The molecule has 9 nitrogen and oxygen atoms in total. The third kappa shape index (κ3) is 4.68. The number of benzene rings is 1. The number of carbonyl (C=O) groups excluding carboxylic acids is 3. The van der Waals surface area contributed by atoms with Crippen LogP contribution in [0.1, 0.15) is 17.3 Å². The minimum Gasteiger partial charge on any atom is -0.441 e. The minimum atomic E-state index is -0.668. The lowest BCUT2D eigenvalue weighted by molar-refractivity contribution is 0.00872. The number of anilines is 1. The zero-order valence-electron chi connectivity index (χ0n) is 15.5. The van der Waals surface area contributed by atoms with Gasteiger partial charge in [0, 0.05) is 17.8 Å². The van der Waals surface area contributed by atoms with Gasteiger partial charge in [-0.1, -0.05) is 18.2 Å². The normalized spacial score (nSPS) is 25.5. The molecule has 3 N–H and O–H groups in total. The lowest BCUT2D eigenvalue weighted by Crippen LogP contribution is -2.48. The summed E-state index contributed by atoms with van der Waals surface area (Å²) in [5.74, 6) is -0.0981. The van der Waals surface area contributed by atoms with Crippen LogP contribution in [0.5, 0.6) is 0 Å². The number of Topliss-reactive ketones (excluding diaryl/α,β-unsaturated/α-hetero) is 1. The SMILES string of the molecule is C=CCNC(=O)NC1COC2C(OC(=O)Nc3cccc(C(C)=O)c3)COC12. The summed E-state index contributed by atoms with van der Waals surface area (Å²) in [6.45, 7) is 5.77. The third-order valence-electron chi connectivity index (χ3n) is 4.51. The monoisotopic (exact) mass is 389 g/mol. The summed E-state index contributed by atoms with van der Waals surface area (Å²) in [7, 11) is 0. The van der Waals surface area contributed by atoms with Gasteiger partial charge in [0.05, 0.1) is 19.3 Å². The first-order valence-corrected chi connectivity index (χ1v) is 8.95. The van der Waals surface area contributed by atoms with Crippen LogP contribution >= 0.6 is 0 Å². The fourth-order valence-electron chi connectivity index (χ4n) is 3.17. The molecule has 2 saturated heterocycles. The average Bonchev–Trinajstić information content (AvgIpc) is 3.24. The van der Waals surface area contributed by atoms with Crippen molar-refractivity contribution in [1.29, 1.82) is 0 Å². The molecular weight excluding hydrogens is 366 g/mol. The number of amides is 3. The summed E-state index contributed by atoms with van der Waals surface area (Å²) in [4.78, 5) is 35.4. The highest BCUT2D eigenvalue weighted by molar-refractivity contribution is 5.96. The van der Waals surface area contributed by atoms with Gasteiger partial charge in [-0.3, -0.25) is 10.1 Å². The van der Waals surface area contributed by atoms with Crippen molar-refractivity contribution >= 4 is 23.6 Å². The average molecular weight is 389 g/mol. The summed E-state index contributed by atoms with van der Waals surface area (Å²) in [5, 5.41) is 8.00. The minimum absolute atomic E-state index is 0.0981. The van der Waals surface area contributed by atoms with Crippen molar-refractivity contribution in [2.24, 2.45) is 0 Å². The van der Waals surface area contributed by atoms with Crippen molar-refractivity contribution in [2.75, 3.05) is 25.1 Å². The van der Waals surface area contributed by atoms with Gasteiger partial charge in [0.15, 0.2) is 11.9 Å². The second-order valence-corrected chi connectivity index (χ2v) is 6.55. The van der Waals surface area contributed by atoms with Crippen LogP contribution in [0, 0.1) is 0 Å². The van der Waals surface area contributed by atoms with Gasteiger partial charge in [-0.25, -0.2) is 9.59 Å². The quantitative estimate of drug-likeness (QED) is 0.501. The van der Waals surface area contributed by atoms with E-state index >= 15 is 0 Å². The molecule has 4 unspecified atom stereocenters. The molecule has 0 aliphatic carbocycles. The van der Waals surface area contributed by atoms with E-state index in [4.69, 9.17) is 14.2 Å². The first-order valence-electron chi connectivity index (χ1n) is 8.95. The molecule has 2 fully saturated rings. The maximum Gasteiger partial charge on any atom is 0.412 e. The number of fused-ring (bicyclic) bond motifs is 1. The molecule has 0 aromatic heterocycles. The Morgan fingerprint density at radius 1 is 1.25 bits per heavy atom. The van der Waals surface area contributed by atoms with Crippen LogP contribution in [-0.4, -0.2) is 62.0 Å². The second kappa shape index (κ2) is 8.85. The highest BCUT2D eigenvalue weighted by atomic mass is 16.6. The Morgan fingerprint density at radius 3 is 2.79 bits per heavy atom. The highest BCUT2D eigenvalue weighted by Crippen LogP contribution is 2.29. The maximum absolute atomic E-state index is 12.2. The van der Waals surface area contributed by atoms with Gasteiger partial charge in [-0.15, -0.1) is 6.58 Å². The number of nitrogens with one attached hydrogen (secondary N) is 3. The highest BCUT2D eigenvalue weighted by Gasteiger charge is 2.50. The summed E-state index contributed by atoms with van der Waals surface area (Å²) in [5.41, 5.74) is 0.948. The maximum atomic E-state index is 12.2. The van der Waals surface area contributed by atoms with E-state index < -0.39 is 24.4 Å². The number of ketones is 1.